The number of hydrogen-bond acceptors (Lipinski definition) is 6. The quantitative estimate of drug-likeness (QED) is 0.193. The number of rotatable bonds is 8. The molecule has 1 saturated heterocycles. The molecule has 1 aliphatic rings. The first-order valence-electron chi connectivity index (χ1n) is 16.1. The van der Waals surface area contributed by atoms with Gasteiger partial charge in [0.2, 0.25) is 0 Å². The van der Waals surface area contributed by atoms with Crippen molar-refractivity contribution < 1.29 is 23.5 Å². The third kappa shape index (κ3) is 6.72. The van der Waals surface area contributed by atoms with Crippen molar-refractivity contribution in [1.82, 2.24) is 34.6 Å². The van der Waals surface area contributed by atoms with Crippen molar-refractivity contribution in [2.24, 2.45) is 0 Å². The number of halogens is 3. The van der Waals surface area contributed by atoms with Gasteiger partial charge in [0.15, 0.2) is 0 Å². The van der Waals surface area contributed by atoms with E-state index in [1.54, 1.807) is 52.2 Å². The van der Waals surface area contributed by atoms with Gasteiger partial charge in [0.25, 0.3) is 11.8 Å². The Labute approximate surface area is 290 Å². The maximum Gasteiger partial charge on any atom is 0.253 e. The van der Waals surface area contributed by atoms with E-state index in [1.165, 1.54) is 24.3 Å². The van der Waals surface area contributed by atoms with Crippen molar-refractivity contribution in [2.75, 3.05) is 13.1 Å². The highest BCUT2D eigenvalue weighted by Gasteiger charge is 2.27. The molecule has 0 bridgehead atoms. The van der Waals surface area contributed by atoms with Crippen LogP contribution < -0.4 is 5.32 Å². The average Bonchev–Trinajstić information content (AvgIpc) is 3.76. The molecule has 254 valence electrons. The fourth-order valence-corrected chi connectivity index (χ4v) is 6.42. The molecule has 3 aromatic heterocycles. The van der Waals surface area contributed by atoms with Crippen LogP contribution in [0, 0.1) is 18.6 Å². The standard InChI is InChI=1S/C37H32ClF2N7O3/c1-22-5-12-33-42-34(23-6-9-27(39)10-7-23)32(46(33)20-22)19-41-36(49)24-3-2-4-25(17-24)37(50)45-15-13-28(14-16-45)47-21-31(43-44-47)35(48)29-11-8-26(38)18-30(29)40/h2-12,17-18,20-21,28,35,48H,13-16,19H2,1H3,(H,41,49). The van der Waals surface area contributed by atoms with Gasteiger partial charge in [0.05, 0.1) is 30.2 Å². The summed E-state index contributed by atoms with van der Waals surface area (Å²) < 4.78 is 31.6. The number of nitrogens with zero attached hydrogens (tertiary/aromatic N) is 6. The lowest BCUT2D eigenvalue weighted by atomic mass is 10.0. The lowest BCUT2D eigenvalue weighted by Crippen LogP contribution is -2.39. The molecule has 1 aliphatic heterocycles. The first-order valence-corrected chi connectivity index (χ1v) is 16.5. The molecule has 3 aromatic carbocycles. The van der Waals surface area contributed by atoms with Gasteiger partial charge in [-0.15, -0.1) is 5.10 Å². The number of amides is 2. The average molecular weight is 696 g/mol. The number of nitrogens with one attached hydrogen (secondary N) is 1. The third-order valence-electron chi connectivity index (χ3n) is 8.96. The molecule has 1 atom stereocenters. The van der Waals surface area contributed by atoms with Gasteiger partial charge in [0.1, 0.15) is 29.1 Å². The summed E-state index contributed by atoms with van der Waals surface area (Å²) >= 11 is 5.83. The minimum absolute atomic E-state index is 0.0537. The Morgan fingerprint density at radius 3 is 2.50 bits per heavy atom. The van der Waals surface area contributed by atoms with E-state index in [4.69, 9.17) is 16.6 Å². The first-order chi connectivity index (χ1) is 24.1. The third-order valence-corrected chi connectivity index (χ3v) is 9.20. The van der Waals surface area contributed by atoms with Gasteiger partial charge in [0, 0.05) is 46.6 Å². The normalized spacial score (nSPS) is 14.2. The Hall–Kier alpha value is -5.46. The van der Waals surface area contributed by atoms with Crippen molar-refractivity contribution in [2.45, 2.75) is 38.5 Å². The number of aryl methyl sites for hydroxylation is 1. The summed E-state index contributed by atoms with van der Waals surface area (Å²) in [6.45, 7) is 3.01. The second-order valence-corrected chi connectivity index (χ2v) is 12.8. The summed E-state index contributed by atoms with van der Waals surface area (Å²) in [5.41, 5.74) is 4.81. The molecular weight excluding hydrogens is 664 g/mol. The molecule has 0 spiro atoms. The van der Waals surface area contributed by atoms with Crippen LogP contribution in [-0.2, 0) is 6.54 Å². The van der Waals surface area contributed by atoms with E-state index < -0.39 is 11.9 Å². The number of imidazole rings is 1. The van der Waals surface area contributed by atoms with Crippen LogP contribution in [-0.4, -0.2) is 59.3 Å². The predicted molar refractivity (Wildman–Crippen MR) is 183 cm³/mol. The van der Waals surface area contributed by atoms with Crippen LogP contribution in [0.4, 0.5) is 8.78 Å². The number of likely N-dealkylation sites (tertiary alicyclic amines) is 1. The van der Waals surface area contributed by atoms with Crippen molar-refractivity contribution >= 4 is 29.1 Å². The molecule has 1 unspecified atom stereocenters. The van der Waals surface area contributed by atoms with Crippen LogP contribution in [0.3, 0.4) is 0 Å². The number of aromatic nitrogens is 5. The fourth-order valence-electron chi connectivity index (χ4n) is 6.26. The molecule has 4 heterocycles. The van der Waals surface area contributed by atoms with E-state index in [9.17, 15) is 23.5 Å². The number of fused-ring (bicyclic) bond motifs is 1. The SMILES string of the molecule is Cc1ccc2nc(-c3ccc(F)cc3)c(CNC(=O)c3cccc(C(=O)N4CCC(n5cc(C(O)c6ccc(Cl)cc6F)nn5)CC4)c3)n2c1. The zero-order valence-corrected chi connectivity index (χ0v) is 27.7. The number of carbonyl (C=O) groups excluding carboxylic acids is 2. The zero-order valence-electron chi connectivity index (χ0n) is 26.9. The topological polar surface area (TPSA) is 118 Å². The first kappa shape index (κ1) is 33.1. The minimum Gasteiger partial charge on any atom is -0.382 e. The van der Waals surface area contributed by atoms with Crippen LogP contribution in [0.2, 0.25) is 5.02 Å². The van der Waals surface area contributed by atoms with Crippen LogP contribution >= 0.6 is 11.6 Å². The second kappa shape index (κ2) is 13.8. The Kier molecular flexibility index (Phi) is 9.13. The van der Waals surface area contributed by atoms with Crippen molar-refractivity contribution in [3.63, 3.8) is 0 Å². The lowest BCUT2D eigenvalue weighted by molar-refractivity contribution is 0.0689. The van der Waals surface area contributed by atoms with Gasteiger partial charge in [-0.1, -0.05) is 35.0 Å². The molecule has 0 saturated carbocycles. The largest absolute Gasteiger partial charge is 0.382 e. The number of piperidine rings is 1. The summed E-state index contributed by atoms with van der Waals surface area (Å²) in [7, 11) is 0. The van der Waals surface area contributed by atoms with E-state index in [0.717, 1.165) is 22.9 Å². The highest BCUT2D eigenvalue weighted by molar-refractivity contribution is 6.30. The zero-order chi connectivity index (χ0) is 34.9. The Balaban J connectivity index is 0.999. The fraction of sp³-hybridized carbons (Fsp3) is 0.216. The molecule has 2 amide bonds. The van der Waals surface area contributed by atoms with E-state index in [1.807, 2.05) is 29.7 Å². The molecule has 6 aromatic rings. The van der Waals surface area contributed by atoms with Gasteiger partial charge in [-0.2, -0.15) is 0 Å². The maximum atomic E-state index is 14.3. The highest BCUT2D eigenvalue weighted by atomic mass is 35.5. The monoisotopic (exact) mass is 695 g/mol. The summed E-state index contributed by atoms with van der Waals surface area (Å²) in [5, 5.41) is 22.1. The number of aliphatic hydroxyl groups is 1. The molecule has 13 heteroatoms. The minimum atomic E-state index is -1.30. The smallest absolute Gasteiger partial charge is 0.253 e. The molecule has 2 N–H and O–H groups in total. The Morgan fingerprint density at radius 2 is 1.74 bits per heavy atom. The van der Waals surface area contributed by atoms with Crippen molar-refractivity contribution in [3.8, 4) is 11.3 Å². The molecule has 50 heavy (non-hydrogen) atoms. The summed E-state index contributed by atoms with van der Waals surface area (Å²) in [4.78, 5) is 33.4. The molecular formula is C37H32ClF2N7O3. The van der Waals surface area contributed by atoms with Gasteiger partial charge in [-0.3, -0.25) is 9.59 Å². The number of benzene rings is 3. The summed E-state index contributed by atoms with van der Waals surface area (Å²) in [6, 6.07) is 20.5. The van der Waals surface area contributed by atoms with Crippen LogP contribution in [0.5, 0.6) is 0 Å². The van der Waals surface area contributed by atoms with Gasteiger partial charge < -0.3 is 19.7 Å². The predicted octanol–water partition coefficient (Wildman–Crippen LogP) is 6.32. The van der Waals surface area contributed by atoms with E-state index in [0.29, 0.717) is 48.4 Å². The van der Waals surface area contributed by atoms with Gasteiger partial charge in [-0.25, -0.2) is 18.4 Å². The number of aliphatic hydroxyl groups excluding tert-OH is 1. The van der Waals surface area contributed by atoms with Gasteiger partial charge in [-0.05, 0) is 86.0 Å². The van der Waals surface area contributed by atoms with Crippen LogP contribution in [0.1, 0.15) is 68.2 Å². The van der Waals surface area contributed by atoms with Crippen LogP contribution in [0.25, 0.3) is 16.9 Å². The lowest BCUT2D eigenvalue weighted by Gasteiger charge is -2.32. The molecule has 7 rings (SSSR count). The second-order valence-electron chi connectivity index (χ2n) is 12.3. The van der Waals surface area contributed by atoms with Crippen molar-refractivity contribution in [1.29, 1.82) is 0 Å². The summed E-state index contributed by atoms with van der Waals surface area (Å²) in [5.74, 6) is -1.53. The number of carbonyl (C=O) groups is 2. The Morgan fingerprint density at radius 1 is 0.980 bits per heavy atom. The molecule has 1 fully saturated rings. The molecule has 0 aliphatic carbocycles. The number of hydrogen-bond donors (Lipinski definition) is 2. The molecule has 10 nitrogen and oxygen atoms in total. The number of pyridine rings is 1. The van der Waals surface area contributed by atoms with Crippen LogP contribution in [0.15, 0.2) is 91.3 Å². The molecule has 0 radical (unpaired) electrons. The van der Waals surface area contributed by atoms with Crippen molar-refractivity contribution in [3.05, 3.63) is 142 Å². The Bertz CT molecular complexity index is 2210. The van der Waals surface area contributed by atoms with E-state index in [-0.39, 0.29) is 46.5 Å². The van der Waals surface area contributed by atoms with E-state index >= 15 is 0 Å². The van der Waals surface area contributed by atoms with Gasteiger partial charge >= 0.3 is 0 Å². The van der Waals surface area contributed by atoms with E-state index in [2.05, 4.69) is 15.6 Å². The summed E-state index contributed by atoms with van der Waals surface area (Å²) in [6.07, 6.45) is 3.42. The maximum absolute atomic E-state index is 14.3. The highest BCUT2D eigenvalue weighted by Crippen LogP contribution is 2.29.